The van der Waals surface area contributed by atoms with Gasteiger partial charge in [0.1, 0.15) is 5.75 Å². The summed E-state index contributed by atoms with van der Waals surface area (Å²) in [6.45, 7) is 4.57. The second-order valence-electron chi connectivity index (χ2n) is 6.32. The highest BCUT2D eigenvalue weighted by Crippen LogP contribution is 2.26. The highest BCUT2D eigenvalue weighted by molar-refractivity contribution is 5.98. The molecule has 1 heterocycles. The van der Waals surface area contributed by atoms with E-state index >= 15 is 0 Å². The van der Waals surface area contributed by atoms with Crippen LogP contribution in [0.15, 0.2) is 24.3 Å². The number of amides is 2. The molecule has 6 nitrogen and oxygen atoms in total. The van der Waals surface area contributed by atoms with Gasteiger partial charge in [0.05, 0.1) is 18.2 Å². The Morgan fingerprint density at radius 3 is 2.83 bits per heavy atom. The van der Waals surface area contributed by atoms with Crippen molar-refractivity contribution in [3.63, 3.8) is 0 Å². The maximum Gasteiger partial charge on any atom is 0.229 e. The molecular weight excluding hydrogens is 306 g/mol. The predicted octanol–water partition coefficient (Wildman–Crippen LogP) is 1.82. The van der Waals surface area contributed by atoms with Gasteiger partial charge in [-0.15, -0.1) is 0 Å². The lowest BCUT2D eigenvalue weighted by molar-refractivity contribution is -0.128. The van der Waals surface area contributed by atoms with Crippen molar-refractivity contribution < 1.29 is 14.3 Å². The zero-order chi connectivity index (χ0) is 17.5. The molecule has 0 aromatic heterocycles. The van der Waals surface area contributed by atoms with Crippen LogP contribution < -0.4 is 10.1 Å². The van der Waals surface area contributed by atoms with Crippen molar-refractivity contribution in [2.24, 2.45) is 5.92 Å². The summed E-state index contributed by atoms with van der Waals surface area (Å²) < 4.78 is 5.52. The average molecular weight is 333 g/mol. The Kier molecular flexibility index (Phi) is 6.61. The predicted molar refractivity (Wildman–Crippen MR) is 94.1 cm³/mol. The lowest BCUT2D eigenvalue weighted by atomic mass is 10.1. The van der Waals surface area contributed by atoms with Gasteiger partial charge in [-0.2, -0.15) is 0 Å². The number of benzene rings is 1. The Balaban J connectivity index is 1.91. The normalized spacial score (nSPS) is 17.4. The van der Waals surface area contributed by atoms with Crippen LogP contribution in [0.2, 0.25) is 0 Å². The molecule has 1 unspecified atom stereocenters. The first-order chi connectivity index (χ1) is 11.5. The molecule has 2 amide bonds. The molecule has 132 valence electrons. The summed E-state index contributed by atoms with van der Waals surface area (Å²) >= 11 is 0. The number of likely N-dealkylation sites (tertiary alicyclic amines) is 1. The fourth-order valence-corrected chi connectivity index (χ4v) is 2.83. The summed E-state index contributed by atoms with van der Waals surface area (Å²) in [6.07, 6.45) is 1.20. The molecule has 1 N–H and O–H groups in total. The van der Waals surface area contributed by atoms with Crippen molar-refractivity contribution >= 4 is 17.5 Å². The maximum absolute atomic E-state index is 12.5. The number of carbonyl (C=O) groups excluding carboxylic acids is 2. The summed E-state index contributed by atoms with van der Waals surface area (Å²) in [5.74, 6) is 0.296. The van der Waals surface area contributed by atoms with E-state index in [2.05, 4.69) is 10.2 Å². The second-order valence-corrected chi connectivity index (χ2v) is 6.32. The minimum absolute atomic E-state index is 0.0620. The van der Waals surface area contributed by atoms with Gasteiger partial charge in [0.25, 0.3) is 0 Å². The molecule has 1 atom stereocenters. The van der Waals surface area contributed by atoms with Gasteiger partial charge >= 0.3 is 0 Å². The van der Waals surface area contributed by atoms with Crippen LogP contribution >= 0.6 is 0 Å². The minimum Gasteiger partial charge on any atom is -0.492 e. The first-order valence-corrected chi connectivity index (χ1v) is 8.46. The molecule has 1 aliphatic rings. The molecule has 1 saturated heterocycles. The van der Waals surface area contributed by atoms with E-state index in [0.29, 0.717) is 31.1 Å². The van der Waals surface area contributed by atoms with Crippen LogP contribution in [-0.4, -0.2) is 62.0 Å². The largest absolute Gasteiger partial charge is 0.492 e. The Labute approximate surface area is 143 Å². The van der Waals surface area contributed by atoms with Gasteiger partial charge in [0.15, 0.2) is 0 Å². The van der Waals surface area contributed by atoms with Gasteiger partial charge in [0, 0.05) is 19.5 Å². The van der Waals surface area contributed by atoms with E-state index in [-0.39, 0.29) is 24.2 Å². The summed E-state index contributed by atoms with van der Waals surface area (Å²) in [7, 11) is 4.02. The fraction of sp³-hybridized carbons (Fsp3) is 0.556. The lowest BCUT2D eigenvalue weighted by Crippen LogP contribution is -2.30. The highest BCUT2D eigenvalue weighted by atomic mass is 16.5. The van der Waals surface area contributed by atoms with Gasteiger partial charge in [-0.3, -0.25) is 9.59 Å². The number of para-hydroxylation sites is 2. The van der Waals surface area contributed by atoms with E-state index in [4.69, 9.17) is 4.74 Å². The van der Waals surface area contributed by atoms with Crippen LogP contribution in [0.4, 0.5) is 5.69 Å². The third kappa shape index (κ3) is 4.96. The number of rotatable bonds is 8. The Hall–Kier alpha value is -2.08. The number of anilines is 1. The first-order valence-electron chi connectivity index (χ1n) is 8.46. The van der Waals surface area contributed by atoms with E-state index in [9.17, 15) is 9.59 Å². The van der Waals surface area contributed by atoms with Crippen molar-refractivity contribution in [3.05, 3.63) is 24.3 Å². The van der Waals surface area contributed by atoms with Crippen molar-refractivity contribution in [2.45, 2.75) is 19.8 Å². The van der Waals surface area contributed by atoms with Crippen LogP contribution in [0.5, 0.6) is 5.75 Å². The molecular formula is C18H27N3O3. The summed E-state index contributed by atoms with van der Waals surface area (Å²) in [6, 6.07) is 7.36. The number of ether oxygens (including phenoxy) is 1. The van der Waals surface area contributed by atoms with Crippen LogP contribution in [0.25, 0.3) is 0 Å². The summed E-state index contributed by atoms with van der Waals surface area (Å²) in [5.41, 5.74) is 0.655. The van der Waals surface area contributed by atoms with Gasteiger partial charge in [-0.05, 0) is 46.1 Å². The topological polar surface area (TPSA) is 61.9 Å². The molecule has 1 aromatic rings. The smallest absolute Gasteiger partial charge is 0.229 e. The third-order valence-electron chi connectivity index (χ3n) is 4.06. The monoisotopic (exact) mass is 333 g/mol. The van der Waals surface area contributed by atoms with Gasteiger partial charge in [-0.25, -0.2) is 0 Å². The van der Waals surface area contributed by atoms with Gasteiger partial charge in [0.2, 0.25) is 11.8 Å². The average Bonchev–Trinajstić information content (AvgIpc) is 2.90. The Morgan fingerprint density at radius 2 is 2.12 bits per heavy atom. The number of carbonyl (C=O) groups is 2. The highest BCUT2D eigenvalue weighted by Gasteiger charge is 2.34. The molecule has 6 heteroatoms. The minimum atomic E-state index is -0.300. The zero-order valence-electron chi connectivity index (χ0n) is 14.7. The van der Waals surface area contributed by atoms with E-state index < -0.39 is 0 Å². The van der Waals surface area contributed by atoms with Gasteiger partial charge in [-0.1, -0.05) is 12.1 Å². The molecule has 0 spiro atoms. The van der Waals surface area contributed by atoms with E-state index in [0.717, 1.165) is 13.0 Å². The molecule has 2 rings (SSSR count). The molecule has 0 bridgehead atoms. The van der Waals surface area contributed by atoms with Crippen LogP contribution in [0.1, 0.15) is 19.8 Å². The quantitative estimate of drug-likeness (QED) is 0.788. The van der Waals surface area contributed by atoms with Crippen LogP contribution in [0, 0.1) is 5.92 Å². The van der Waals surface area contributed by atoms with Crippen LogP contribution in [0.3, 0.4) is 0 Å². The van der Waals surface area contributed by atoms with E-state index in [1.807, 2.05) is 45.3 Å². The molecule has 1 fully saturated rings. The summed E-state index contributed by atoms with van der Waals surface area (Å²) in [5, 5.41) is 2.90. The Bertz CT molecular complexity index is 574. The summed E-state index contributed by atoms with van der Waals surface area (Å²) in [4.78, 5) is 28.5. The van der Waals surface area contributed by atoms with Gasteiger partial charge < -0.3 is 19.9 Å². The zero-order valence-corrected chi connectivity index (χ0v) is 14.7. The van der Waals surface area contributed by atoms with Crippen molar-refractivity contribution in [1.82, 2.24) is 9.80 Å². The number of nitrogens with one attached hydrogen (secondary N) is 1. The molecule has 24 heavy (non-hydrogen) atoms. The fourth-order valence-electron chi connectivity index (χ4n) is 2.83. The lowest BCUT2D eigenvalue weighted by Gasteiger charge is -2.18. The third-order valence-corrected chi connectivity index (χ3v) is 4.06. The van der Waals surface area contributed by atoms with E-state index in [1.165, 1.54) is 0 Å². The number of nitrogens with zero attached hydrogens (tertiary/aromatic N) is 2. The maximum atomic E-state index is 12.5. The van der Waals surface area contributed by atoms with Crippen molar-refractivity contribution in [1.29, 1.82) is 0 Å². The number of hydrogen-bond donors (Lipinski definition) is 1. The molecule has 0 radical (unpaired) electrons. The second kappa shape index (κ2) is 8.68. The standard InChI is InChI=1S/C18H27N3O3/c1-4-24-16-9-6-5-8-15(16)19-18(23)14-12-17(22)21(13-14)11-7-10-20(2)3/h5-6,8-9,14H,4,7,10-13H2,1-3H3,(H,19,23). The van der Waals surface area contributed by atoms with Crippen molar-refractivity contribution in [3.8, 4) is 5.75 Å². The van der Waals surface area contributed by atoms with E-state index in [1.54, 1.807) is 4.90 Å². The van der Waals surface area contributed by atoms with Crippen LogP contribution in [-0.2, 0) is 9.59 Å². The first kappa shape index (κ1) is 18.3. The Morgan fingerprint density at radius 1 is 1.38 bits per heavy atom. The van der Waals surface area contributed by atoms with Crippen molar-refractivity contribution in [2.75, 3.05) is 45.7 Å². The molecule has 1 aliphatic heterocycles. The SMILES string of the molecule is CCOc1ccccc1NC(=O)C1CC(=O)N(CCCN(C)C)C1. The number of hydrogen-bond acceptors (Lipinski definition) is 4. The molecule has 0 aliphatic carbocycles. The molecule has 0 saturated carbocycles. The molecule has 1 aromatic carbocycles.